The van der Waals surface area contributed by atoms with E-state index in [0.29, 0.717) is 6.61 Å². The van der Waals surface area contributed by atoms with Crippen molar-refractivity contribution in [2.24, 2.45) is 0 Å². The topological polar surface area (TPSA) is 55.4 Å². The van der Waals surface area contributed by atoms with Crippen LogP contribution in [0.4, 0.5) is 0 Å². The fourth-order valence-electron chi connectivity index (χ4n) is 1.83. The molecule has 0 spiro atoms. The molecule has 1 aliphatic heterocycles. The molecule has 0 saturated carbocycles. The van der Waals surface area contributed by atoms with E-state index in [1.165, 1.54) is 32.1 Å². The average Bonchev–Trinajstić information content (AvgIpc) is 2.28. The summed E-state index contributed by atoms with van der Waals surface area (Å²) in [6.45, 7) is 2.69. The molecule has 1 rings (SSSR count). The van der Waals surface area contributed by atoms with Crippen molar-refractivity contribution < 1.29 is 14.3 Å². The van der Waals surface area contributed by atoms with Crippen molar-refractivity contribution in [1.82, 2.24) is 5.32 Å². The van der Waals surface area contributed by atoms with Gasteiger partial charge in [-0.05, 0) is 6.42 Å². The van der Waals surface area contributed by atoms with Gasteiger partial charge in [0, 0.05) is 0 Å². The molecule has 1 heterocycles. The number of hydrogen-bond acceptors (Lipinski definition) is 3. The Bertz CT molecular complexity index is 245. The second-order valence-electron chi connectivity index (χ2n) is 4.61. The Morgan fingerprint density at radius 3 is 2.41 bits per heavy atom. The molecule has 1 fully saturated rings. The quantitative estimate of drug-likeness (QED) is 0.382. The minimum atomic E-state index is -0.382. The van der Waals surface area contributed by atoms with Gasteiger partial charge in [-0.3, -0.25) is 4.79 Å². The molecule has 0 aromatic heterocycles. The highest BCUT2D eigenvalue weighted by molar-refractivity contribution is 5.94. The molecule has 0 aliphatic carbocycles. The molecule has 1 saturated heterocycles. The van der Waals surface area contributed by atoms with Crippen molar-refractivity contribution in [1.29, 1.82) is 0 Å². The number of esters is 1. The number of hydrogen-bond donors (Lipinski definition) is 1. The number of β-lactam (4-membered cyclic amide) rings is 1. The number of nitrogens with one attached hydrogen (secondary N) is 1. The Morgan fingerprint density at radius 2 is 1.82 bits per heavy atom. The van der Waals surface area contributed by atoms with Crippen molar-refractivity contribution >= 4 is 11.9 Å². The summed E-state index contributed by atoms with van der Waals surface area (Å²) in [4.78, 5) is 21.9. The van der Waals surface area contributed by atoms with Crippen LogP contribution >= 0.6 is 0 Å². The maximum absolute atomic E-state index is 11.3. The summed E-state index contributed by atoms with van der Waals surface area (Å²) >= 11 is 0. The first-order valence-corrected chi connectivity index (χ1v) is 6.70. The summed E-state index contributed by atoms with van der Waals surface area (Å²) in [5.41, 5.74) is 0. The van der Waals surface area contributed by atoms with E-state index in [2.05, 4.69) is 12.2 Å². The molecule has 0 unspecified atom stereocenters. The number of carbonyl (C=O) groups excluding carboxylic acids is 2. The molecule has 0 bridgehead atoms. The zero-order chi connectivity index (χ0) is 12.5. The van der Waals surface area contributed by atoms with Gasteiger partial charge in [-0.25, -0.2) is 4.79 Å². The molecule has 1 amide bonds. The molecular formula is C13H23NO3. The van der Waals surface area contributed by atoms with Crippen molar-refractivity contribution in [3.05, 3.63) is 0 Å². The van der Waals surface area contributed by atoms with E-state index >= 15 is 0 Å². The van der Waals surface area contributed by atoms with Crippen LogP contribution in [0.5, 0.6) is 0 Å². The molecule has 0 aromatic carbocycles. The predicted molar refractivity (Wildman–Crippen MR) is 65.5 cm³/mol. The third-order valence-electron chi connectivity index (χ3n) is 3.00. The van der Waals surface area contributed by atoms with Crippen LogP contribution in [0, 0.1) is 0 Å². The Morgan fingerprint density at radius 1 is 1.24 bits per heavy atom. The highest BCUT2D eigenvalue weighted by atomic mass is 16.5. The van der Waals surface area contributed by atoms with Crippen molar-refractivity contribution in [2.45, 2.75) is 64.3 Å². The first-order valence-electron chi connectivity index (χ1n) is 6.70. The molecule has 1 N–H and O–H groups in total. The van der Waals surface area contributed by atoms with E-state index in [0.717, 1.165) is 12.8 Å². The lowest BCUT2D eigenvalue weighted by Crippen LogP contribution is -2.53. The summed E-state index contributed by atoms with van der Waals surface area (Å²) in [7, 11) is 0. The van der Waals surface area contributed by atoms with Crippen molar-refractivity contribution in [2.75, 3.05) is 6.61 Å². The molecule has 4 heteroatoms. The lowest BCUT2D eigenvalue weighted by Gasteiger charge is -2.24. The first-order chi connectivity index (χ1) is 8.24. The molecule has 0 radical (unpaired) electrons. The summed E-state index contributed by atoms with van der Waals surface area (Å²) in [6, 6.07) is -0.382. The minimum absolute atomic E-state index is 0.0668. The molecule has 98 valence electrons. The van der Waals surface area contributed by atoms with Crippen molar-refractivity contribution in [3.63, 3.8) is 0 Å². The Balaban J connectivity index is 1.84. The van der Waals surface area contributed by atoms with E-state index in [1.54, 1.807) is 0 Å². The molecular weight excluding hydrogens is 218 g/mol. The highest BCUT2D eigenvalue weighted by Crippen LogP contribution is 2.09. The third-order valence-corrected chi connectivity index (χ3v) is 3.00. The number of carbonyl (C=O) groups is 2. The zero-order valence-electron chi connectivity index (χ0n) is 10.7. The lowest BCUT2D eigenvalue weighted by atomic mass is 10.1. The van der Waals surface area contributed by atoms with Gasteiger partial charge in [-0.15, -0.1) is 0 Å². The molecule has 1 atom stereocenters. The number of amides is 1. The van der Waals surface area contributed by atoms with E-state index < -0.39 is 0 Å². The zero-order valence-corrected chi connectivity index (χ0v) is 10.7. The smallest absolute Gasteiger partial charge is 0.329 e. The minimum Gasteiger partial charge on any atom is -0.464 e. The average molecular weight is 241 g/mol. The summed E-state index contributed by atoms with van der Waals surface area (Å²) in [5, 5.41) is 2.50. The second-order valence-corrected chi connectivity index (χ2v) is 4.61. The lowest BCUT2D eigenvalue weighted by molar-refractivity contribution is -0.153. The van der Waals surface area contributed by atoms with Gasteiger partial charge in [0.15, 0.2) is 0 Å². The summed E-state index contributed by atoms with van der Waals surface area (Å²) in [6.07, 6.45) is 8.73. The SMILES string of the molecule is CCCCCCCCCOC(=O)[C@@H]1CC(=O)N1. The van der Waals surface area contributed by atoms with Crippen LogP contribution < -0.4 is 5.32 Å². The molecule has 17 heavy (non-hydrogen) atoms. The standard InChI is InChI=1S/C13H23NO3/c1-2-3-4-5-6-7-8-9-17-13(16)11-10-12(15)14-11/h11H,2-10H2,1H3,(H,14,15)/t11-/m0/s1. The van der Waals surface area contributed by atoms with Gasteiger partial charge in [0.05, 0.1) is 13.0 Å². The van der Waals surface area contributed by atoms with Gasteiger partial charge in [0.1, 0.15) is 6.04 Å². The van der Waals surface area contributed by atoms with Crippen molar-refractivity contribution in [3.8, 4) is 0 Å². The van der Waals surface area contributed by atoms with E-state index in [9.17, 15) is 9.59 Å². The Hall–Kier alpha value is -1.06. The highest BCUT2D eigenvalue weighted by Gasteiger charge is 2.32. The van der Waals surface area contributed by atoms with Gasteiger partial charge in [0.2, 0.25) is 5.91 Å². The van der Waals surface area contributed by atoms with Gasteiger partial charge < -0.3 is 10.1 Å². The number of rotatable bonds is 9. The number of unbranched alkanes of at least 4 members (excludes halogenated alkanes) is 6. The van der Waals surface area contributed by atoms with Crippen LogP contribution in [0.3, 0.4) is 0 Å². The van der Waals surface area contributed by atoms with Crippen LogP contribution in [-0.2, 0) is 14.3 Å². The largest absolute Gasteiger partial charge is 0.464 e. The summed E-state index contributed by atoms with van der Waals surface area (Å²) < 4.78 is 5.07. The van der Waals surface area contributed by atoms with E-state index in [-0.39, 0.29) is 24.3 Å². The summed E-state index contributed by atoms with van der Waals surface area (Å²) in [5.74, 6) is -0.349. The van der Waals surface area contributed by atoms with Gasteiger partial charge in [-0.1, -0.05) is 45.4 Å². The van der Waals surface area contributed by atoms with Gasteiger partial charge >= 0.3 is 5.97 Å². The predicted octanol–water partition coefficient (Wildman–Crippen LogP) is 2.17. The van der Waals surface area contributed by atoms with Crippen LogP contribution in [-0.4, -0.2) is 24.5 Å². The van der Waals surface area contributed by atoms with Crippen LogP contribution in [0.15, 0.2) is 0 Å². The molecule has 0 aromatic rings. The van der Waals surface area contributed by atoms with Crippen LogP contribution in [0.25, 0.3) is 0 Å². The van der Waals surface area contributed by atoms with Crippen LogP contribution in [0.1, 0.15) is 58.3 Å². The Labute approximate surface area is 103 Å². The second kappa shape index (κ2) is 8.09. The maximum Gasteiger partial charge on any atom is 0.329 e. The Kier molecular flexibility index (Phi) is 6.67. The van der Waals surface area contributed by atoms with Gasteiger partial charge in [-0.2, -0.15) is 0 Å². The normalized spacial score (nSPS) is 18.4. The van der Waals surface area contributed by atoms with Crippen LogP contribution in [0.2, 0.25) is 0 Å². The van der Waals surface area contributed by atoms with E-state index in [4.69, 9.17) is 4.74 Å². The number of ether oxygens (including phenoxy) is 1. The fourth-order valence-corrected chi connectivity index (χ4v) is 1.83. The monoisotopic (exact) mass is 241 g/mol. The fraction of sp³-hybridized carbons (Fsp3) is 0.846. The third kappa shape index (κ3) is 5.71. The van der Waals surface area contributed by atoms with Gasteiger partial charge in [0.25, 0.3) is 0 Å². The molecule has 4 nitrogen and oxygen atoms in total. The maximum atomic E-state index is 11.3. The van der Waals surface area contributed by atoms with E-state index in [1.807, 2.05) is 0 Å². The first kappa shape index (κ1) is 14.0. The molecule has 1 aliphatic rings.